The largest absolute Gasteiger partial charge is 0.477 e. The van der Waals surface area contributed by atoms with E-state index in [1.165, 1.54) is 10.5 Å². The van der Waals surface area contributed by atoms with Crippen LogP contribution in [-0.2, 0) is 14.8 Å². The van der Waals surface area contributed by atoms with Gasteiger partial charge in [0.15, 0.2) is 0 Å². The second-order valence-corrected chi connectivity index (χ2v) is 6.57. The Morgan fingerprint density at radius 3 is 2.95 bits per heavy atom. The minimum atomic E-state index is -3.67. The van der Waals surface area contributed by atoms with E-state index in [2.05, 4.69) is 4.98 Å². The first-order valence-electron chi connectivity index (χ1n) is 6.48. The third-order valence-electron chi connectivity index (χ3n) is 3.27. The van der Waals surface area contributed by atoms with Gasteiger partial charge in [-0.05, 0) is 25.8 Å². The number of carboxylic acids is 1. The number of aromatic nitrogens is 1. The van der Waals surface area contributed by atoms with Crippen LogP contribution in [0.1, 0.15) is 30.3 Å². The van der Waals surface area contributed by atoms with Crippen LogP contribution in [0, 0.1) is 0 Å². The van der Waals surface area contributed by atoms with Crippen molar-refractivity contribution < 1.29 is 23.1 Å². The molecule has 0 spiro atoms. The number of hydrogen-bond donors (Lipinski definition) is 2. The number of ether oxygens (including phenoxy) is 1. The molecule has 1 saturated heterocycles. The smallest absolute Gasteiger partial charge is 0.352 e. The number of nitrogens with one attached hydrogen (secondary N) is 1. The second kappa shape index (κ2) is 5.94. The highest BCUT2D eigenvalue weighted by molar-refractivity contribution is 7.89. The van der Waals surface area contributed by atoms with Crippen molar-refractivity contribution in [3.63, 3.8) is 0 Å². The van der Waals surface area contributed by atoms with E-state index in [0.717, 1.165) is 18.9 Å². The molecule has 20 heavy (non-hydrogen) atoms. The van der Waals surface area contributed by atoms with Gasteiger partial charge < -0.3 is 14.8 Å². The van der Waals surface area contributed by atoms with Crippen molar-refractivity contribution >= 4 is 16.0 Å². The zero-order chi connectivity index (χ0) is 14.8. The standard InChI is InChI=1S/C12H18N2O5S/c1-2-19-9-4-3-5-14(8-9)20(17,18)10-6-11(12(15)16)13-7-10/h6-7,9,13H,2-5,8H2,1H3,(H,15,16). The SMILES string of the molecule is CCOC1CCCN(S(=O)(=O)c2c[nH]c(C(=O)O)c2)C1. The van der Waals surface area contributed by atoms with E-state index in [9.17, 15) is 13.2 Å². The van der Waals surface area contributed by atoms with E-state index in [0.29, 0.717) is 19.7 Å². The summed E-state index contributed by atoms with van der Waals surface area (Å²) < 4.78 is 31.7. The Balaban J connectivity index is 2.18. The molecule has 8 heteroatoms. The summed E-state index contributed by atoms with van der Waals surface area (Å²) in [5.74, 6) is -1.18. The molecule has 2 rings (SSSR count). The van der Waals surface area contributed by atoms with Crippen LogP contribution >= 0.6 is 0 Å². The van der Waals surface area contributed by atoms with Gasteiger partial charge in [0, 0.05) is 25.9 Å². The first-order valence-corrected chi connectivity index (χ1v) is 7.92. The first kappa shape index (κ1) is 15.0. The lowest BCUT2D eigenvalue weighted by Crippen LogP contribution is -2.43. The van der Waals surface area contributed by atoms with E-state index >= 15 is 0 Å². The predicted molar refractivity (Wildman–Crippen MR) is 71.2 cm³/mol. The fraction of sp³-hybridized carbons (Fsp3) is 0.583. The summed E-state index contributed by atoms with van der Waals surface area (Å²) in [5.41, 5.74) is -0.137. The summed E-state index contributed by atoms with van der Waals surface area (Å²) in [5, 5.41) is 8.83. The van der Waals surface area contributed by atoms with Crippen molar-refractivity contribution in [1.29, 1.82) is 0 Å². The number of nitrogens with zero attached hydrogens (tertiary/aromatic N) is 1. The maximum atomic E-state index is 12.4. The van der Waals surface area contributed by atoms with Gasteiger partial charge in [0.25, 0.3) is 0 Å². The molecule has 1 aromatic heterocycles. The summed E-state index contributed by atoms with van der Waals surface area (Å²) in [6.45, 7) is 3.16. The van der Waals surface area contributed by atoms with E-state index in [4.69, 9.17) is 9.84 Å². The Labute approximate surface area is 117 Å². The number of H-pyrrole nitrogens is 1. The van der Waals surface area contributed by atoms with Crippen LogP contribution in [0.2, 0.25) is 0 Å². The molecule has 1 aliphatic heterocycles. The molecule has 7 nitrogen and oxygen atoms in total. The van der Waals surface area contributed by atoms with Gasteiger partial charge in [-0.1, -0.05) is 0 Å². The van der Waals surface area contributed by atoms with E-state index < -0.39 is 16.0 Å². The third-order valence-corrected chi connectivity index (χ3v) is 5.11. The van der Waals surface area contributed by atoms with E-state index in [1.807, 2.05) is 6.92 Å². The number of aromatic carboxylic acids is 1. The number of carbonyl (C=O) groups is 1. The number of piperidine rings is 1. The lowest BCUT2D eigenvalue weighted by Gasteiger charge is -2.31. The number of hydrogen-bond acceptors (Lipinski definition) is 4. The quantitative estimate of drug-likeness (QED) is 0.842. The monoisotopic (exact) mass is 302 g/mol. The molecule has 2 heterocycles. The van der Waals surface area contributed by atoms with Crippen LogP contribution in [0.5, 0.6) is 0 Å². The molecule has 0 bridgehead atoms. The molecule has 2 N–H and O–H groups in total. The predicted octanol–water partition coefficient (Wildman–Crippen LogP) is 0.903. The average Bonchev–Trinajstić information content (AvgIpc) is 2.90. The summed E-state index contributed by atoms with van der Waals surface area (Å²) in [6, 6.07) is 1.14. The van der Waals surface area contributed by atoms with Crippen molar-refractivity contribution in [2.75, 3.05) is 19.7 Å². The lowest BCUT2D eigenvalue weighted by molar-refractivity contribution is 0.0265. The summed E-state index contributed by atoms with van der Waals surface area (Å²) >= 11 is 0. The Hall–Kier alpha value is -1.38. The lowest BCUT2D eigenvalue weighted by atomic mass is 10.1. The van der Waals surface area contributed by atoms with Gasteiger partial charge in [-0.25, -0.2) is 13.2 Å². The first-order chi connectivity index (χ1) is 9.45. The zero-order valence-electron chi connectivity index (χ0n) is 11.2. The average molecular weight is 302 g/mol. The highest BCUT2D eigenvalue weighted by Gasteiger charge is 2.31. The Kier molecular flexibility index (Phi) is 4.46. The minimum Gasteiger partial charge on any atom is -0.477 e. The van der Waals surface area contributed by atoms with Crippen LogP contribution in [0.4, 0.5) is 0 Å². The number of carboxylic acid groups (broad SMARTS) is 1. The van der Waals surface area contributed by atoms with E-state index in [1.54, 1.807) is 0 Å². The van der Waals surface area contributed by atoms with Crippen molar-refractivity contribution in [2.45, 2.75) is 30.8 Å². The summed E-state index contributed by atoms with van der Waals surface area (Å²) in [7, 11) is -3.67. The normalized spacial score (nSPS) is 20.9. The molecule has 1 atom stereocenters. The molecule has 112 valence electrons. The molecule has 0 aromatic carbocycles. The fourth-order valence-corrected chi connectivity index (χ4v) is 3.80. The highest BCUT2D eigenvalue weighted by atomic mass is 32.2. The summed E-state index contributed by atoms with van der Waals surface area (Å²) in [6.07, 6.45) is 2.69. The van der Waals surface area contributed by atoms with Crippen LogP contribution in [0.3, 0.4) is 0 Å². The molecule has 1 aromatic rings. The molecule has 1 aliphatic rings. The Morgan fingerprint density at radius 1 is 1.60 bits per heavy atom. The van der Waals surface area contributed by atoms with Crippen LogP contribution in [0.25, 0.3) is 0 Å². The van der Waals surface area contributed by atoms with Crippen molar-refractivity contribution in [3.8, 4) is 0 Å². The molecule has 0 saturated carbocycles. The molecule has 1 unspecified atom stereocenters. The maximum Gasteiger partial charge on any atom is 0.352 e. The molecule has 1 fully saturated rings. The van der Waals surface area contributed by atoms with Gasteiger partial charge in [-0.2, -0.15) is 4.31 Å². The third kappa shape index (κ3) is 3.02. The van der Waals surface area contributed by atoms with Gasteiger partial charge >= 0.3 is 5.97 Å². The van der Waals surface area contributed by atoms with Gasteiger partial charge in [-0.15, -0.1) is 0 Å². The van der Waals surface area contributed by atoms with E-state index in [-0.39, 0.29) is 16.7 Å². The van der Waals surface area contributed by atoms with Gasteiger partial charge in [0.1, 0.15) is 10.6 Å². The van der Waals surface area contributed by atoms with Crippen LogP contribution in [0.15, 0.2) is 17.2 Å². The molecular formula is C12H18N2O5S. The topological polar surface area (TPSA) is 99.7 Å². The molecule has 0 aliphatic carbocycles. The van der Waals surface area contributed by atoms with Crippen molar-refractivity contribution in [3.05, 3.63) is 18.0 Å². The zero-order valence-corrected chi connectivity index (χ0v) is 12.0. The van der Waals surface area contributed by atoms with Gasteiger partial charge in [0.2, 0.25) is 10.0 Å². The Bertz CT molecular complexity index is 578. The fourth-order valence-electron chi connectivity index (χ4n) is 2.29. The second-order valence-electron chi connectivity index (χ2n) is 4.64. The minimum absolute atomic E-state index is 0.0213. The molecular weight excluding hydrogens is 284 g/mol. The highest BCUT2D eigenvalue weighted by Crippen LogP contribution is 2.22. The van der Waals surface area contributed by atoms with Crippen molar-refractivity contribution in [1.82, 2.24) is 9.29 Å². The van der Waals surface area contributed by atoms with Crippen molar-refractivity contribution in [2.24, 2.45) is 0 Å². The van der Waals surface area contributed by atoms with Gasteiger partial charge in [0.05, 0.1) is 6.10 Å². The summed E-state index contributed by atoms with van der Waals surface area (Å²) in [4.78, 5) is 13.2. The van der Waals surface area contributed by atoms with Crippen LogP contribution < -0.4 is 0 Å². The number of aromatic amines is 1. The number of sulfonamides is 1. The number of rotatable bonds is 5. The molecule has 0 radical (unpaired) electrons. The Morgan fingerprint density at radius 2 is 2.35 bits per heavy atom. The van der Waals surface area contributed by atoms with Crippen LogP contribution in [-0.4, -0.2) is 54.6 Å². The molecule has 0 amide bonds. The maximum absolute atomic E-state index is 12.4. The van der Waals surface area contributed by atoms with Gasteiger partial charge in [-0.3, -0.25) is 0 Å².